The number of benzene rings is 1. The highest BCUT2D eigenvalue weighted by Crippen LogP contribution is 2.34. The molecule has 0 saturated heterocycles. The summed E-state index contributed by atoms with van der Waals surface area (Å²) in [6, 6.07) is 6.78. The van der Waals surface area contributed by atoms with Crippen molar-refractivity contribution in [2.45, 2.75) is 149 Å². The highest BCUT2D eigenvalue weighted by molar-refractivity contribution is 5.45. The third-order valence-corrected chi connectivity index (χ3v) is 11.2. The number of unbranched alkanes of at least 4 members (excludes halogenated alkanes) is 1. The first kappa shape index (κ1) is 36.5. The van der Waals surface area contributed by atoms with Gasteiger partial charge in [-0.15, -0.1) is 0 Å². The fourth-order valence-electron chi connectivity index (χ4n) is 8.45. The number of rotatable bonds is 15. The van der Waals surface area contributed by atoms with E-state index in [2.05, 4.69) is 66.8 Å². The lowest BCUT2D eigenvalue weighted by molar-refractivity contribution is 0.200. The number of hydrogen-bond acceptors (Lipinski definition) is 2. The minimum absolute atomic E-state index is 0.682. The molecule has 1 unspecified atom stereocenters. The van der Waals surface area contributed by atoms with E-state index in [9.17, 15) is 0 Å². The molecule has 5 aliphatic carbocycles. The van der Waals surface area contributed by atoms with Crippen LogP contribution in [0.2, 0.25) is 0 Å². The van der Waals surface area contributed by atoms with Crippen molar-refractivity contribution in [2.24, 2.45) is 17.8 Å². The summed E-state index contributed by atoms with van der Waals surface area (Å²) in [5.41, 5.74) is 7.72. The standard InChI is InChI=1S/C44H60O2.C2H6/c1-4-16-37(17-5-1)33-45-42-30-39(31-43(32-42)46-34-38-18-6-2-7-19-38)20-11-10-15-35-21-14-22-36(29-35)27-28-41-25-12-13-26-44(41)40-23-8-3-9-24-40;1-2/h3,8,12,14,22-23,25,29-32,35,37-38H,1-2,4-7,9-11,13,15-21,24,26-28,33-34H2;1-2H3. The Balaban J connectivity index is 0.00000221. The van der Waals surface area contributed by atoms with Crippen LogP contribution in [0, 0.1) is 17.8 Å². The Kier molecular flexibility index (Phi) is 15.8. The van der Waals surface area contributed by atoms with Gasteiger partial charge in [-0.2, -0.15) is 0 Å². The second-order valence-electron chi connectivity index (χ2n) is 14.9. The first-order valence-electron chi connectivity index (χ1n) is 20.3. The molecule has 2 fully saturated rings. The van der Waals surface area contributed by atoms with Crippen LogP contribution in [0.5, 0.6) is 11.5 Å². The van der Waals surface area contributed by atoms with Gasteiger partial charge in [0.1, 0.15) is 11.5 Å². The molecule has 0 radical (unpaired) electrons. The maximum Gasteiger partial charge on any atom is 0.123 e. The Morgan fingerprint density at radius 3 is 2.02 bits per heavy atom. The molecule has 0 aromatic heterocycles. The molecule has 2 saturated carbocycles. The van der Waals surface area contributed by atoms with Gasteiger partial charge in [0.2, 0.25) is 0 Å². The molecule has 2 heteroatoms. The summed E-state index contributed by atoms with van der Waals surface area (Å²) in [6.07, 6.45) is 45.9. The molecule has 0 bridgehead atoms. The zero-order chi connectivity index (χ0) is 33.2. The Morgan fingerprint density at radius 2 is 1.35 bits per heavy atom. The molecule has 1 aromatic rings. The van der Waals surface area contributed by atoms with Crippen molar-refractivity contribution < 1.29 is 9.47 Å². The zero-order valence-corrected chi connectivity index (χ0v) is 30.7. The number of ether oxygens (including phenoxy) is 2. The average molecular weight is 651 g/mol. The maximum atomic E-state index is 6.43. The predicted molar refractivity (Wildman–Crippen MR) is 206 cm³/mol. The minimum Gasteiger partial charge on any atom is -0.493 e. The van der Waals surface area contributed by atoms with E-state index in [1.54, 1.807) is 22.3 Å². The highest BCUT2D eigenvalue weighted by Gasteiger charge is 2.18. The van der Waals surface area contributed by atoms with Crippen LogP contribution in [-0.4, -0.2) is 13.2 Å². The van der Waals surface area contributed by atoms with E-state index in [-0.39, 0.29) is 0 Å². The van der Waals surface area contributed by atoms with Crippen LogP contribution in [0.3, 0.4) is 0 Å². The van der Waals surface area contributed by atoms with E-state index in [0.717, 1.165) is 49.4 Å². The molecule has 48 heavy (non-hydrogen) atoms. The van der Waals surface area contributed by atoms with Gasteiger partial charge >= 0.3 is 0 Å². The molecule has 0 N–H and O–H groups in total. The van der Waals surface area contributed by atoms with Crippen LogP contribution < -0.4 is 9.47 Å². The van der Waals surface area contributed by atoms with Gasteiger partial charge in [-0.1, -0.05) is 113 Å². The van der Waals surface area contributed by atoms with Crippen LogP contribution in [-0.2, 0) is 6.42 Å². The van der Waals surface area contributed by atoms with Crippen molar-refractivity contribution in [1.82, 2.24) is 0 Å². The van der Waals surface area contributed by atoms with Gasteiger partial charge < -0.3 is 9.47 Å². The van der Waals surface area contributed by atoms with Crippen molar-refractivity contribution in [1.29, 1.82) is 0 Å². The fourth-order valence-corrected chi connectivity index (χ4v) is 8.45. The molecule has 0 amide bonds. The lowest BCUT2D eigenvalue weighted by atomic mass is 9.84. The van der Waals surface area contributed by atoms with Gasteiger partial charge in [-0.3, -0.25) is 0 Å². The van der Waals surface area contributed by atoms with Gasteiger partial charge in [-0.05, 0) is 142 Å². The molecule has 2 nitrogen and oxygen atoms in total. The van der Waals surface area contributed by atoms with Gasteiger partial charge in [0.15, 0.2) is 0 Å². The maximum absolute atomic E-state index is 6.43. The largest absolute Gasteiger partial charge is 0.493 e. The van der Waals surface area contributed by atoms with Gasteiger partial charge in [0.05, 0.1) is 13.2 Å². The molecule has 0 aliphatic heterocycles. The van der Waals surface area contributed by atoms with E-state index in [1.807, 2.05) is 13.8 Å². The molecular weight excluding hydrogens is 585 g/mol. The number of aryl methyl sites for hydroxylation is 1. The quantitative estimate of drug-likeness (QED) is 0.176. The second kappa shape index (κ2) is 20.7. The molecule has 1 aromatic carbocycles. The van der Waals surface area contributed by atoms with Crippen molar-refractivity contribution in [3.63, 3.8) is 0 Å². The summed E-state index contributed by atoms with van der Waals surface area (Å²) >= 11 is 0. The van der Waals surface area contributed by atoms with Crippen molar-refractivity contribution in [3.8, 4) is 11.5 Å². The van der Waals surface area contributed by atoms with Crippen molar-refractivity contribution >= 4 is 0 Å². The average Bonchev–Trinajstić information content (AvgIpc) is 3.16. The molecule has 0 heterocycles. The SMILES string of the molecule is C1=CCCC(C2=C(CCC3=CC(CCCCc4cc(OCC5CCCCC5)cc(OCC5CCCCC5)c4)CC=C3)C=CCC2)=C1.CC. The highest BCUT2D eigenvalue weighted by atomic mass is 16.5. The lowest BCUT2D eigenvalue weighted by Gasteiger charge is -2.23. The van der Waals surface area contributed by atoms with E-state index >= 15 is 0 Å². The number of allylic oxidation sites excluding steroid dienone is 12. The summed E-state index contributed by atoms with van der Waals surface area (Å²) in [5, 5.41) is 0. The third kappa shape index (κ3) is 12.0. The van der Waals surface area contributed by atoms with Crippen molar-refractivity contribution in [2.75, 3.05) is 13.2 Å². The van der Waals surface area contributed by atoms with Crippen LogP contribution in [0.1, 0.15) is 148 Å². The first-order valence-corrected chi connectivity index (χ1v) is 20.3. The normalized spacial score (nSPS) is 21.8. The molecule has 1 atom stereocenters. The van der Waals surface area contributed by atoms with E-state index in [0.29, 0.717) is 5.92 Å². The predicted octanol–water partition coefficient (Wildman–Crippen LogP) is 13.5. The smallest absolute Gasteiger partial charge is 0.123 e. The second-order valence-corrected chi connectivity index (χ2v) is 14.9. The zero-order valence-electron chi connectivity index (χ0n) is 30.7. The van der Waals surface area contributed by atoms with Crippen LogP contribution in [0.25, 0.3) is 0 Å². The van der Waals surface area contributed by atoms with Crippen LogP contribution in [0.4, 0.5) is 0 Å². The molecule has 6 rings (SSSR count). The van der Waals surface area contributed by atoms with Crippen LogP contribution in [0.15, 0.2) is 89.1 Å². The Hall–Kier alpha value is -2.74. The van der Waals surface area contributed by atoms with E-state index in [1.165, 1.54) is 128 Å². The molecular formula is C46H66O2. The Morgan fingerprint density at radius 1 is 0.667 bits per heavy atom. The van der Waals surface area contributed by atoms with Crippen molar-refractivity contribution in [3.05, 3.63) is 94.7 Å². The van der Waals surface area contributed by atoms with Gasteiger partial charge in [-0.25, -0.2) is 0 Å². The summed E-state index contributed by atoms with van der Waals surface area (Å²) in [6.45, 7) is 5.72. The minimum atomic E-state index is 0.682. The summed E-state index contributed by atoms with van der Waals surface area (Å²) < 4.78 is 12.9. The van der Waals surface area contributed by atoms with Crippen LogP contribution >= 0.6 is 0 Å². The summed E-state index contributed by atoms with van der Waals surface area (Å²) in [4.78, 5) is 0. The van der Waals surface area contributed by atoms with Gasteiger partial charge in [0, 0.05) is 6.07 Å². The third-order valence-electron chi connectivity index (χ3n) is 11.2. The Bertz CT molecular complexity index is 1250. The monoisotopic (exact) mass is 651 g/mol. The lowest BCUT2D eigenvalue weighted by Crippen LogP contribution is -2.16. The fraction of sp³-hybridized carbons (Fsp3) is 0.609. The summed E-state index contributed by atoms with van der Waals surface area (Å²) in [7, 11) is 0. The first-order chi connectivity index (χ1) is 23.8. The van der Waals surface area contributed by atoms with E-state index in [4.69, 9.17) is 9.47 Å². The van der Waals surface area contributed by atoms with E-state index < -0.39 is 0 Å². The molecule has 262 valence electrons. The summed E-state index contributed by atoms with van der Waals surface area (Å²) in [5.74, 6) is 4.16. The van der Waals surface area contributed by atoms with Gasteiger partial charge in [0.25, 0.3) is 0 Å². The number of hydrogen-bond donors (Lipinski definition) is 0. The molecule has 5 aliphatic rings. The molecule has 0 spiro atoms. The Labute approximate surface area is 294 Å². The topological polar surface area (TPSA) is 18.5 Å².